The fraction of sp³-hybridized carbons (Fsp3) is 0.640. The molecular weight excluding hydrogens is 436 g/mol. The molecule has 2 aliphatic rings. The molecule has 1 aliphatic heterocycles. The third-order valence-electron chi connectivity index (χ3n) is 6.02. The van der Waals surface area contributed by atoms with E-state index < -0.39 is 17.8 Å². The van der Waals surface area contributed by atoms with Crippen LogP contribution in [0.4, 0.5) is 9.59 Å². The third-order valence-corrected chi connectivity index (χ3v) is 6.02. The van der Waals surface area contributed by atoms with Gasteiger partial charge in [0.15, 0.2) is 0 Å². The van der Waals surface area contributed by atoms with Crippen LogP contribution in [0.3, 0.4) is 0 Å². The summed E-state index contributed by atoms with van der Waals surface area (Å²) in [5, 5.41) is 9.28. The molecule has 9 nitrogen and oxygen atoms in total. The zero-order valence-electron chi connectivity index (χ0n) is 20.5. The summed E-state index contributed by atoms with van der Waals surface area (Å²) in [6.07, 6.45) is 2.58. The number of nitrogens with one attached hydrogen (secondary N) is 3. The Morgan fingerprint density at radius 1 is 1.03 bits per heavy atom. The van der Waals surface area contributed by atoms with Gasteiger partial charge in [-0.2, -0.15) is 0 Å². The summed E-state index contributed by atoms with van der Waals surface area (Å²) >= 11 is 0. The molecule has 3 N–H and O–H groups in total. The number of carbonyl (C=O) groups excluding carboxylic acids is 3. The summed E-state index contributed by atoms with van der Waals surface area (Å²) < 4.78 is 10.8. The number of ether oxygens (including phenoxy) is 2. The predicted octanol–water partition coefficient (Wildman–Crippen LogP) is 2.94. The Morgan fingerprint density at radius 2 is 1.68 bits per heavy atom. The van der Waals surface area contributed by atoms with Crippen molar-refractivity contribution >= 4 is 18.1 Å². The molecule has 1 unspecified atom stereocenters. The molecule has 1 aliphatic carbocycles. The second-order valence-corrected chi connectivity index (χ2v) is 10.1. The maximum absolute atomic E-state index is 12.7. The van der Waals surface area contributed by atoms with Crippen molar-refractivity contribution in [2.45, 2.75) is 83.2 Å². The fourth-order valence-corrected chi connectivity index (χ4v) is 4.34. The van der Waals surface area contributed by atoms with Crippen LogP contribution in [-0.2, 0) is 20.9 Å². The van der Waals surface area contributed by atoms with E-state index in [4.69, 9.17) is 9.47 Å². The van der Waals surface area contributed by atoms with E-state index in [-0.39, 0.29) is 37.1 Å². The Labute approximate surface area is 201 Å². The summed E-state index contributed by atoms with van der Waals surface area (Å²) in [6, 6.07) is 9.42. The lowest BCUT2D eigenvalue weighted by molar-refractivity contribution is -0.123. The third kappa shape index (κ3) is 8.52. The second-order valence-electron chi connectivity index (χ2n) is 10.1. The molecule has 0 radical (unpaired) electrons. The summed E-state index contributed by atoms with van der Waals surface area (Å²) in [5.74, 6) is -0.0712. The monoisotopic (exact) mass is 474 g/mol. The SMILES string of the molecule is CC(C)(C)OC(=O)NC1CCC(NC(=O)CC2CNCCN2C(=O)OCc2ccccc2)CC1. The number of carbonyl (C=O) groups is 3. The molecule has 1 atom stereocenters. The topological polar surface area (TPSA) is 109 Å². The van der Waals surface area contributed by atoms with Gasteiger partial charge < -0.3 is 30.3 Å². The molecular formula is C25H38N4O5. The summed E-state index contributed by atoms with van der Waals surface area (Å²) in [5.41, 5.74) is 0.405. The van der Waals surface area contributed by atoms with Crippen molar-refractivity contribution in [2.75, 3.05) is 19.6 Å². The van der Waals surface area contributed by atoms with Crippen molar-refractivity contribution in [3.8, 4) is 0 Å². The molecule has 1 heterocycles. The van der Waals surface area contributed by atoms with Crippen molar-refractivity contribution in [2.24, 2.45) is 0 Å². The Morgan fingerprint density at radius 3 is 2.32 bits per heavy atom. The van der Waals surface area contributed by atoms with Crippen molar-refractivity contribution in [3.05, 3.63) is 35.9 Å². The van der Waals surface area contributed by atoms with E-state index in [0.717, 1.165) is 31.2 Å². The number of hydrogen-bond donors (Lipinski definition) is 3. The van der Waals surface area contributed by atoms with Crippen molar-refractivity contribution in [1.82, 2.24) is 20.9 Å². The maximum Gasteiger partial charge on any atom is 0.410 e. The lowest BCUT2D eigenvalue weighted by atomic mass is 9.91. The van der Waals surface area contributed by atoms with Crippen LogP contribution in [0.25, 0.3) is 0 Å². The van der Waals surface area contributed by atoms with Crippen LogP contribution in [0, 0.1) is 0 Å². The standard InChI is InChI=1S/C25H38N4O5/c1-25(2,3)34-23(31)28-20-11-9-19(10-12-20)27-22(30)15-21-16-26-13-14-29(21)24(32)33-17-18-7-5-4-6-8-18/h4-8,19-21,26H,9-17H2,1-3H3,(H,27,30)(H,28,31). The Kier molecular flexibility index (Phi) is 9.15. The van der Waals surface area contributed by atoms with E-state index >= 15 is 0 Å². The Balaban J connectivity index is 1.41. The van der Waals surface area contributed by atoms with E-state index in [1.165, 1.54) is 0 Å². The van der Waals surface area contributed by atoms with Gasteiger partial charge in [-0.15, -0.1) is 0 Å². The first-order valence-electron chi connectivity index (χ1n) is 12.2. The quantitative estimate of drug-likeness (QED) is 0.585. The minimum atomic E-state index is -0.523. The Bertz CT molecular complexity index is 818. The van der Waals surface area contributed by atoms with Crippen LogP contribution in [0.1, 0.15) is 58.4 Å². The van der Waals surface area contributed by atoms with Crippen LogP contribution in [0.15, 0.2) is 30.3 Å². The highest BCUT2D eigenvalue weighted by molar-refractivity contribution is 5.78. The van der Waals surface area contributed by atoms with Crippen LogP contribution in [-0.4, -0.2) is 66.4 Å². The van der Waals surface area contributed by atoms with E-state index in [1.807, 2.05) is 51.1 Å². The number of hydrogen-bond acceptors (Lipinski definition) is 6. The smallest absolute Gasteiger partial charge is 0.410 e. The molecule has 3 rings (SSSR count). The molecule has 34 heavy (non-hydrogen) atoms. The van der Waals surface area contributed by atoms with E-state index in [1.54, 1.807) is 4.90 Å². The zero-order valence-corrected chi connectivity index (χ0v) is 20.5. The first-order chi connectivity index (χ1) is 16.2. The molecule has 188 valence electrons. The molecule has 9 heteroatoms. The van der Waals surface area contributed by atoms with Crippen LogP contribution < -0.4 is 16.0 Å². The first kappa shape index (κ1) is 25.8. The van der Waals surface area contributed by atoms with Gasteiger partial charge in [-0.3, -0.25) is 4.79 Å². The van der Waals surface area contributed by atoms with Crippen LogP contribution in [0.2, 0.25) is 0 Å². The van der Waals surface area contributed by atoms with E-state index in [2.05, 4.69) is 16.0 Å². The molecule has 3 amide bonds. The van der Waals surface area contributed by atoms with Gasteiger partial charge in [0.1, 0.15) is 12.2 Å². The van der Waals surface area contributed by atoms with Gasteiger partial charge in [0, 0.05) is 38.1 Å². The zero-order chi connectivity index (χ0) is 24.6. The first-order valence-corrected chi connectivity index (χ1v) is 12.2. The number of amides is 3. The van der Waals surface area contributed by atoms with Crippen molar-refractivity contribution in [3.63, 3.8) is 0 Å². The second kappa shape index (κ2) is 12.1. The number of nitrogens with zero attached hydrogens (tertiary/aromatic N) is 1. The highest BCUT2D eigenvalue weighted by Gasteiger charge is 2.31. The van der Waals surface area contributed by atoms with Gasteiger partial charge >= 0.3 is 12.2 Å². The number of alkyl carbamates (subject to hydrolysis) is 1. The van der Waals surface area contributed by atoms with Crippen molar-refractivity contribution in [1.29, 1.82) is 0 Å². The normalized spacial score (nSPS) is 23.0. The molecule has 0 spiro atoms. The van der Waals surface area contributed by atoms with Crippen LogP contribution >= 0.6 is 0 Å². The molecule has 1 saturated carbocycles. The van der Waals surface area contributed by atoms with Gasteiger partial charge in [-0.25, -0.2) is 9.59 Å². The van der Waals surface area contributed by atoms with Gasteiger partial charge in [0.2, 0.25) is 5.91 Å². The number of benzene rings is 1. The molecule has 0 bridgehead atoms. The van der Waals surface area contributed by atoms with Gasteiger partial charge in [-0.1, -0.05) is 30.3 Å². The van der Waals surface area contributed by atoms with E-state index in [0.29, 0.717) is 19.6 Å². The highest BCUT2D eigenvalue weighted by Crippen LogP contribution is 2.20. The summed E-state index contributed by atoms with van der Waals surface area (Å²) in [6.45, 7) is 7.46. The van der Waals surface area contributed by atoms with Gasteiger partial charge in [-0.05, 0) is 52.0 Å². The van der Waals surface area contributed by atoms with Gasteiger partial charge in [0.25, 0.3) is 0 Å². The predicted molar refractivity (Wildman–Crippen MR) is 128 cm³/mol. The Hall–Kier alpha value is -2.81. The average molecular weight is 475 g/mol. The minimum Gasteiger partial charge on any atom is -0.445 e. The number of piperazine rings is 1. The fourth-order valence-electron chi connectivity index (χ4n) is 4.34. The van der Waals surface area contributed by atoms with Gasteiger partial charge in [0.05, 0.1) is 6.04 Å². The van der Waals surface area contributed by atoms with Crippen LogP contribution in [0.5, 0.6) is 0 Å². The molecule has 1 aromatic rings. The lowest BCUT2D eigenvalue weighted by Crippen LogP contribution is -2.55. The van der Waals surface area contributed by atoms with E-state index in [9.17, 15) is 14.4 Å². The summed E-state index contributed by atoms with van der Waals surface area (Å²) in [7, 11) is 0. The largest absolute Gasteiger partial charge is 0.445 e. The molecule has 1 saturated heterocycles. The minimum absolute atomic E-state index is 0.0559. The molecule has 1 aromatic carbocycles. The number of rotatable bonds is 6. The molecule has 0 aromatic heterocycles. The highest BCUT2D eigenvalue weighted by atomic mass is 16.6. The lowest BCUT2D eigenvalue weighted by Gasteiger charge is -2.36. The average Bonchev–Trinajstić information content (AvgIpc) is 2.78. The summed E-state index contributed by atoms with van der Waals surface area (Å²) in [4.78, 5) is 39.0. The maximum atomic E-state index is 12.7. The van der Waals surface area contributed by atoms with Crippen molar-refractivity contribution < 1.29 is 23.9 Å². The molecule has 2 fully saturated rings.